The highest BCUT2D eigenvalue weighted by Crippen LogP contribution is 2.20. The van der Waals surface area contributed by atoms with E-state index in [4.69, 9.17) is 14.2 Å². The molecule has 0 spiro atoms. The van der Waals surface area contributed by atoms with Gasteiger partial charge in [-0.05, 0) is 44.5 Å². The highest BCUT2D eigenvalue weighted by atomic mass is 16.7. The van der Waals surface area contributed by atoms with Gasteiger partial charge in [0.25, 0.3) is 0 Å². The zero-order valence-electron chi connectivity index (χ0n) is 12.0. The van der Waals surface area contributed by atoms with Crippen LogP contribution in [0.4, 0.5) is 0 Å². The Hall–Kier alpha value is -1.55. The molecule has 0 aromatic heterocycles. The van der Waals surface area contributed by atoms with Crippen LogP contribution in [0.1, 0.15) is 34.1 Å². The maximum absolute atomic E-state index is 11.6. The smallest absolute Gasteiger partial charge is 0.314 e. The van der Waals surface area contributed by atoms with E-state index in [1.165, 1.54) is 0 Å². The molecule has 4 nitrogen and oxygen atoms in total. The molecular weight excluding hydrogens is 244 g/mol. The summed E-state index contributed by atoms with van der Waals surface area (Å²) in [6.45, 7) is 8.16. The second-order valence-corrected chi connectivity index (χ2v) is 4.34. The van der Waals surface area contributed by atoms with Crippen molar-refractivity contribution in [2.75, 3.05) is 6.61 Å². The van der Waals surface area contributed by atoms with Crippen molar-refractivity contribution in [1.82, 2.24) is 0 Å². The molecule has 0 aliphatic heterocycles. The molecule has 0 amide bonds. The number of benzene rings is 1. The second kappa shape index (κ2) is 7.79. The molecule has 1 aromatic carbocycles. The molecule has 0 fully saturated rings. The standard InChI is InChI=1S/C15H22O4/c1-5-11(3)15(16)19-14-9-7-13(8-10-14)18-12(4)17-6-2/h7-12H,5-6H2,1-4H3. The monoisotopic (exact) mass is 266 g/mol. The summed E-state index contributed by atoms with van der Waals surface area (Å²) in [6.07, 6.45) is 0.477. The highest BCUT2D eigenvalue weighted by Gasteiger charge is 2.13. The zero-order valence-corrected chi connectivity index (χ0v) is 12.0. The predicted octanol–water partition coefficient (Wildman–Crippen LogP) is 3.40. The number of hydrogen-bond acceptors (Lipinski definition) is 4. The molecule has 0 saturated carbocycles. The highest BCUT2D eigenvalue weighted by molar-refractivity contribution is 5.74. The molecule has 0 radical (unpaired) electrons. The Morgan fingerprint density at radius 3 is 2.21 bits per heavy atom. The molecule has 2 atom stereocenters. The van der Waals surface area contributed by atoms with Crippen LogP contribution in [0.5, 0.6) is 11.5 Å². The number of rotatable bonds is 7. The van der Waals surface area contributed by atoms with Crippen molar-refractivity contribution in [3.05, 3.63) is 24.3 Å². The molecule has 0 heterocycles. The number of esters is 1. The van der Waals surface area contributed by atoms with Crippen molar-refractivity contribution < 1.29 is 19.0 Å². The third-order valence-corrected chi connectivity index (χ3v) is 2.76. The van der Waals surface area contributed by atoms with Crippen LogP contribution < -0.4 is 9.47 Å². The van der Waals surface area contributed by atoms with Gasteiger partial charge < -0.3 is 14.2 Å². The van der Waals surface area contributed by atoms with Crippen molar-refractivity contribution in [3.63, 3.8) is 0 Å². The fourth-order valence-corrected chi connectivity index (χ4v) is 1.43. The minimum absolute atomic E-state index is 0.0890. The quantitative estimate of drug-likeness (QED) is 0.431. The Morgan fingerprint density at radius 1 is 1.11 bits per heavy atom. The average molecular weight is 266 g/mol. The van der Waals surface area contributed by atoms with Crippen LogP contribution in [0.25, 0.3) is 0 Å². The molecule has 4 heteroatoms. The summed E-state index contributed by atoms with van der Waals surface area (Å²) in [5.41, 5.74) is 0. The Kier molecular flexibility index (Phi) is 6.36. The lowest BCUT2D eigenvalue weighted by molar-refractivity contribution is -0.138. The van der Waals surface area contributed by atoms with E-state index in [2.05, 4.69) is 0 Å². The van der Waals surface area contributed by atoms with Gasteiger partial charge in [0.2, 0.25) is 0 Å². The van der Waals surface area contributed by atoms with E-state index in [-0.39, 0.29) is 18.2 Å². The molecule has 19 heavy (non-hydrogen) atoms. The second-order valence-electron chi connectivity index (χ2n) is 4.34. The van der Waals surface area contributed by atoms with Crippen LogP contribution in [0.3, 0.4) is 0 Å². The first-order chi connectivity index (χ1) is 9.06. The minimum atomic E-state index is -0.293. The normalized spacial score (nSPS) is 13.7. The molecule has 2 unspecified atom stereocenters. The van der Waals surface area contributed by atoms with Crippen LogP contribution >= 0.6 is 0 Å². The van der Waals surface area contributed by atoms with Gasteiger partial charge in [0.15, 0.2) is 6.29 Å². The minimum Gasteiger partial charge on any atom is -0.465 e. The lowest BCUT2D eigenvalue weighted by atomic mass is 10.1. The van der Waals surface area contributed by atoms with E-state index >= 15 is 0 Å². The summed E-state index contributed by atoms with van der Waals surface area (Å²) in [6, 6.07) is 6.95. The summed E-state index contributed by atoms with van der Waals surface area (Å²) < 4.78 is 16.0. The molecule has 0 saturated heterocycles. The third kappa shape index (κ3) is 5.30. The molecule has 106 valence electrons. The fraction of sp³-hybridized carbons (Fsp3) is 0.533. The molecule has 0 aliphatic rings. The average Bonchev–Trinajstić information content (AvgIpc) is 2.40. The van der Waals surface area contributed by atoms with Crippen LogP contribution in [-0.4, -0.2) is 18.9 Å². The summed E-state index contributed by atoms with van der Waals surface area (Å²) in [5.74, 6) is 0.916. The van der Waals surface area contributed by atoms with Crippen LogP contribution in [0.15, 0.2) is 24.3 Å². The van der Waals surface area contributed by atoms with E-state index in [1.807, 2.05) is 27.7 Å². The Bertz CT molecular complexity index is 386. The SMILES string of the molecule is CCOC(C)Oc1ccc(OC(=O)C(C)CC)cc1. The maximum atomic E-state index is 11.6. The first-order valence-electron chi connectivity index (χ1n) is 6.66. The van der Waals surface area contributed by atoms with Crippen LogP contribution in [0.2, 0.25) is 0 Å². The first-order valence-corrected chi connectivity index (χ1v) is 6.66. The summed E-state index contributed by atoms with van der Waals surface area (Å²) >= 11 is 0. The number of carbonyl (C=O) groups is 1. The lowest BCUT2D eigenvalue weighted by Gasteiger charge is -2.14. The van der Waals surface area contributed by atoms with Crippen LogP contribution in [-0.2, 0) is 9.53 Å². The largest absolute Gasteiger partial charge is 0.465 e. The number of hydrogen-bond donors (Lipinski definition) is 0. The summed E-state index contributed by atoms with van der Waals surface area (Å²) in [4.78, 5) is 11.6. The van der Waals surface area contributed by atoms with Gasteiger partial charge >= 0.3 is 5.97 Å². The van der Waals surface area contributed by atoms with E-state index in [0.717, 1.165) is 6.42 Å². The number of ether oxygens (including phenoxy) is 3. The topological polar surface area (TPSA) is 44.8 Å². The van der Waals surface area contributed by atoms with Crippen molar-refractivity contribution >= 4 is 5.97 Å². The molecule has 1 rings (SSSR count). The fourth-order valence-electron chi connectivity index (χ4n) is 1.43. The van der Waals surface area contributed by atoms with E-state index in [1.54, 1.807) is 24.3 Å². The summed E-state index contributed by atoms with van der Waals surface area (Å²) in [7, 11) is 0. The van der Waals surface area contributed by atoms with Crippen molar-refractivity contribution in [2.24, 2.45) is 5.92 Å². The van der Waals surface area contributed by atoms with Gasteiger partial charge in [-0.2, -0.15) is 0 Å². The molecular formula is C15H22O4. The van der Waals surface area contributed by atoms with Crippen molar-refractivity contribution in [3.8, 4) is 11.5 Å². The first kappa shape index (κ1) is 15.5. The Balaban J connectivity index is 2.54. The zero-order chi connectivity index (χ0) is 14.3. The van der Waals surface area contributed by atoms with E-state index in [0.29, 0.717) is 18.1 Å². The molecule has 0 bridgehead atoms. The van der Waals surface area contributed by atoms with Gasteiger partial charge in [0.1, 0.15) is 11.5 Å². The summed E-state index contributed by atoms with van der Waals surface area (Å²) in [5, 5.41) is 0. The lowest BCUT2D eigenvalue weighted by Crippen LogP contribution is -2.17. The van der Waals surface area contributed by atoms with E-state index < -0.39 is 0 Å². The van der Waals surface area contributed by atoms with Gasteiger partial charge in [-0.15, -0.1) is 0 Å². The molecule has 0 aliphatic carbocycles. The van der Waals surface area contributed by atoms with Gasteiger partial charge in [0, 0.05) is 6.61 Å². The third-order valence-electron chi connectivity index (χ3n) is 2.76. The van der Waals surface area contributed by atoms with Gasteiger partial charge in [0.05, 0.1) is 5.92 Å². The predicted molar refractivity (Wildman–Crippen MR) is 73.2 cm³/mol. The van der Waals surface area contributed by atoms with Gasteiger partial charge in [-0.25, -0.2) is 0 Å². The van der Waals surface area contributed by atoms with E-state index in [9.17, 15) is 4.79 Å². The van der Waals surface area contributed by atoms with Crippen LogP contribution in [0, 0.1) is 5.92 Å². The molecule has 1 aromatic rings. The van der Waals surface area contributed by atoms with Gasteiger partial charge in [-0.1, -0.05) is 13.8 Å². The Labute approximate surface area is 114 Å². The van der Waals surface area contributed by atoms with Gasteiger partial charge in [-0.3, -0.25) is 4.79 Å². The Morgan fingerprint density at radius 2 is 1.68 bits per heavy atom. The maximum Gasteiger partial charge on any atom is 0.314 e. The van der Waals surface area contributed by atoms with Crippen molar-refractivity contribution in [1.29, 1.82) is 0 Å². The molecule has 0 N–H and O–H groups in total. The van der Waals surface area contributed by atoms with Crippen molar-refractivity contribution in [2.45, 2.75) is 40.4 Å². The number of carbonyl (C=O) groups excluding carboxylic acids is 1.